The van der Waals surface area contributed by atoms with Crippen molar-refractivity contribution in [3.63, 3.8) is 0 Å². The first kappa shape index (κ1) is 66.6. The molecule has 0 fully saturated rings. The summed E-state index contributed by atoms with van der Waals surface area (Å²) in [4.78, 5) is 38.1. The third-order valence-corrected chi connectivity index (χ3v) is 11.6. The van der Waals surface area contributed by atoms with Gasteiger partial charge in [-0.05, 0) is 122 Å². The van der Waals surface area contributed by atoms with Crippen molar-refractivity contribution < 1.29 is 28.6 Å². The first-order valence-corrected chi connectivity index (χ1v) is 28.7. The summed E-state index contributed by atoms with van der Waals surface area (Å²) >= 11 is 0. The summed E-state index contributed by atoms with van der Waals surface area (Å²) in [5.41, 5.74) is 0. The van der Waals surface area contributed by atoms with Crippen LogP contribution >= 0.6 is 0 Å². The molecule has 400 valence electrons. The van der Waals surface area contributed by atoms with E-state index in [1.807, 2.05) is 12.2 Å². The molecule has 0 N–H and O–H groups in total. The molecule has 0 aliphatic carbocycles. The van der Waals surface area contributed by atoms with Crippen LogP contribution in [0.25, 0.3) is 0 Å². The van der Waals surface area contributed by atoms with Crippen molar-refractivity contribution in [2.75, 3.05) is 13.2 Å². The smallest absolute Gasteiger partial charge is 0.306 e. The fraction of sp³-hybridized carbons (Fsp3) is 0.615. The zero-order valence-electron chi connectivity index (χ0n) is 45.7. The summed E-state index contributed by atoms with van der Waals surface area (Å²) in [7, 11) is 0. The van der Waals surface area contributed by atoms with Gasteiger partial charge >= 0.3 is 17.9 Å². The highest BCUT2D eigenvalue weighted by molar-refractivity contribution is 5.71. The molecule has 0 saturated carbocycles. The summed E-state index contributed by atoms with van der Waals surface area (Å²) in [5.74, 6) is -1.06. The third kappa shape index (κ3) is 56.3. The molecule has 0 bridgehead atoms. The summed E-state index contributed by atoms with van der Waals surface area (Å²) in [6.45, 7) is 6.30. The maximum atomic E-state index is 12.9. The molecule has 0 radical (unpaired) electrons. The van der Waals surface area contributed by atoms with Crippen LogP contribution in [0.3, 0.4) is 0 Å². The molecule has 6 nitrogen and oxygen atoms in total. The van der Waals surface area contributed by atoms with Crippen LogP contribution in [-0.4, -0.2) is 37.2 Å². The van der Waals surface area contributed by atoms with Crippen LogP contribution < -0.4 is 0 Å². The Labute approximate surface area is 436 Å². The van der Waals surface area contributed by atoms with Crippen molar-refractivity contribution in [2.45, 2.75) is 245 Å². The van der Waals surface area contributed by atoms with E-state index in [4.69, 9.17) is 14.2 Å². The lowest BCUT2D eigenvalue weighted by Crippen LogP contribution is -2.30. The molecule has 0 aliphatic heterocycles. The van der Waals surface area contributed by atoms with E-state index in [1.165, 1.54) is 89.9 Å². The normalized spacial score (nSPS) is 13.1. The van der Waals surface area contributed by atoms with Gasteiger partial charge in [0.15, 0.2) is 6.10 Å². The second-order valence-electron chi connectivity index (χ2n) is 18.4. The van der Waals surface area contributed by atoms with Crippen molar-refractivity contribution in [1.29, 1.82) is 0 Å². The SMILES string of the molecule is CC/C=C\C/C=C\C/C=C\C/C=C\C/C=C\C/C=C\CCC(=O)OC[C@@H](COC(=O)CCCC/C=C\C/C=C\C/C=C\C/C=C\CC)OC(=O)CCCCCCCCC/C=C\CCCCCCCCCC. The van der Waals surface area contributed by atoms with Crippen LogP contribution in [0.5, 0.6) is 0 Å². The van der Waals surface area contributed by atoms with Crippen molar-refractivity contribution in [3.8, 4) is 0 Å². The maximum Gasteiger partial charge on any atom is 0.306 e. The van der Waals surface area contributed by atoms with Gasteiger partial charge in [0.2, 0.25) is 0 Å². The quantitative estimate of drug-likeness (QED) is 0.0262. The molecule has 0 amide bonds. The highest BCUT2D eigenvalue weighted by atomic mass is 16.6. The monoisotopic (exact) mass is 981 g/mol. The molecule has 0 aromatic carbocycles. The first-order valence-electron chi connectivity index (χ1n) is 28.7. The van der Waals surface area contributed by atoms with Crippen LogP contribution in [0.1, 0.15) is 239 Å². The zero-order chi connectivity index (χ0) is 51.4. The molecule has 0 aliphatic rings. The number of hydrogen-bond acceptors (Lipinski definition) is 6. The average Bonchev–Trinajstić information content (AvgIpc) is 3.37. The van der Waals surface area contributed by atoms with Gasteiger partial charge in [0.25, 0.3) is 0 Å². The number of carbonyl (C=O) groups excluding carboxylic acids is 3. The Morgan fingerprint density at radius 1 is 0.296 bits per heavy atom. The molecule has 0 aromatic rings. The van der Waals surface area contributed by atoms with Crippen LogP contribution in [0.4, 0.5) is 0 Å². The molecular weight excluding hydrogens is 877 g/mol. The van der Waals surface area contributed by atoms with Crippen molar-refractivity contribution in [2.24, 2.45) is 0 Å². The summed E-state index contributed by atoms with van der Waals surface area (Å²) < 4.78 is 16.8. The topological polar surface area (TPSA) is 78.9 Å². The van der Waals surface area contributed by atoms with Gasteiger partial charge in [-0.25, -0.2) is 0 Å². The molecule has 6 heteroatoms. The number of esters is 3. The lowest BCUT2D eigenvalue weighted by Gasteiger charge is -2.18. The average molecular weight is 982 g/mol. The molecule has 0 saturated heterocycles. The number of unbranched alkanes of at least 4 members (excludes halogenated alkanes) is 17. The summed E-state index contributed by atoms with van der Waals surface area (Å²) in [5, 5.41) is 0. The van der Waals surface area contributed by atoms with Gasteiger partial charge in [0.1, 0.15) is 13.2 Å². The highest BCUT2D eigenvalue weighted by Crippen LogP contribution is 2.14. The third-order valence-electron chi connectivity index (χ3n) is 11.6. The van der Waals surface area contributed by atoms with Crippen LogP contribution in [0, 0.1) is 0 Å². The van der Waals surface area contributed by atoms with E-state index >= 15 is 0 Å². The molecule has 1 atom stereocenters. The minimum absolute atomic E-state index is 0.129. The van der Waals surface area contributed by atoms with Crippen LogP contribution in [-0.2, 0) is 28.6 Å². The van der Waals surface area contributed by atoms with E-state index in [0.29, 0.717) is 19.3 Å². The number of rotatable bonds is 50. The van der Waals surface area contributed by atoms with Gasteiger partial charge in [-0.15, -0.1) is 0 Å². The van der Waals surface area contributed by atoms with Gasteiger partial charge < -0.3 is 14.2 Å². The minimum Gasteiger partial charge on any atom is -0.462 e. The largest absolute Gasteiger partial charge is 0.462 e. The molecular formula is C65H104O6. The van der Waals surface area contributed by atoms with E-state index in [1.54, 1.807) is 0 Å². The van der Waals surface area contributed by atoms with Crippen LogP contribution in [0.15, 0.2) is 134 Å². The predicted molar refractivity (Wildman–Crippen MR) is 306 cm³/mol. The molecule has 0 rings (SSSR count). The lowest BCUT2D eigenvalue weighted by molar-refractivity contribution is -0.166. The van der Waals surface area contributed by atoms with Crippen molar-refractivity contribution >= 4 is 17.9 Å². The van der Waals surface area contributed by atoms with Crippen molar-refractivity contribution in [1.82, 2.24) is 0 Å². The molecule has 0 spiro atoms. The van der Waals surface area contributed by atoms with Gasteiger partial charge in [0, 0.05) is 19.3 Å². The highest BCUT2D eigenvalue weighted by Gasteiger charge is 2.19. The molecule has 0 unspecified atom stereocenters. The van der Waals surface area contributed by atoms with E-state index < -0.39 is 6.10 Å². The van der Waals surface area contributed by atoms with E-state index in [9.17, 15) is 14.4 Å². The Kier molecular flexibility index (Phi) is 54.5. The fourth-order valence-electron chi connectivity index (χ4n) is 7.39. The number of allylic oxidation sites excluding steroid dienone is 22. The summed E-state index contributed by atoms with van der Waals surface area (Å²) in [6, 6.07) is 0. The second-order valence-corrected chi connectivity index (χ2v) is 18.4. The predicted octanol–water partition coefficient (Wildman–Crippen LogP) is 19.4. The number of carbonyl (C=O) groups is 3. The molecule has 0 heterocycles. The standard InChI is InChI=1S/C65H104O6/c1-4-7-10-13-16-19-22-25-28-30-32-34-37-40-43-46-49-52-55-58-64(67)70-61-62(60-69-63(66)57-54-51-48-45-42-39-36-27-24-21-18-15-12-9-6-3)71-65(68)59-56-53-50-47-44-41-38-35-33-31-29-26-23-20-17-14-11-8-5-2/h7,9-10,12,16,18-19,21,25,27-28,31-34,36,40,42-43,45,49,52,62H,4-6,8,11,13-15,17,20,22-24,26,29-30,35,37-39,41,44,46-48,50-51,53-61H2,1-3H3/b10-7-,12-9-,19-16-,21-18-,28-25-,33-31-,34-32-,36-27-,43-40-,45-42-,52-49-/t62-/m1/s1. The van der Waals surface area contributed by atoms with E-state index in [2.05, 4.69) is 142 Å². The Bertz CT molecular complexity index is 1550. The Balaban J connectivity index is 4.57. The van der Waals surface area contributed by atoms with Gasteiger partial charge in [-0.3, -0.25) is 14.4 Å². The molecule has 71 heavy (non-hydrogen) atoms. The van der Waals surface area contributed by atoms with Crippen LogP contribution in [0.2, 0.25) is 0 Å². The number of ether oxygens (including phenoxy) is 3. The summed E-state index contributed by atoms with van der Waals surface area (Å²) in [6.07, 6.45) is 81.7. The Hall–Kier alpha value is -4.45. The molecule has 0 aromatic heterocycles. The van der Waals surface area contributed by atoms with Gasteiger partial charge in [0.05, 0.1) is 0 Å². The number of hydrogen-bond donors (Lipinski definition) is 0. The fourth-order valence-corrected chi connectivity index (χ4v) is 7.39. The lowest BCUT2D eigenvalue weighted by atomic mass is 10.1. The van der Waals surface area contributed by atoms with Gasteiger partial charge in [-0.1, -0.05) is 231 Å². The Morgan fingerprint density at radius 3 is 0.986 bits per heavy atom. The van der Waals surface area contributed by atoms with E-state index in [-0.39, 0.29) is 44.0 Å². The maximum absolute atomic E-state index is 12.9. The van der Waals surface area contributed by atoms with Gasteiger partial charge in [-0.2, -0.15) is 0 Å². The van der Waals surface area contributed by atoms with E-state index in [0.717, 1.165) is 96.3 Å². The van der Waals surface area contributed by atoms with Crippen molar-refractivity contribution in [3.05, 3.63) is 134 Å². The minimum atomic E-state index is -0.833. The second kappa shape index (κ2) is 58.1. The Morgan fingerprint density at radius 2 is 0.577 bits per heavy atom. The zero-order valence-corrected chi connectivity index (χ0v) is 45.7. The first-order chi connectivity index (χ1) is 35.0.